The van der Waals surface area contributed by atoms with Gasteiger partial charge in [-0.05, 0) is 38.0 Å². The van der Waals surface area contributed by atoms with Gasteiger partial charge in [0.1, 0.15) is 0 Å². The summed E-state index contributed by atoms with van der Waals surface area (Å²) in [5, 5.41) is 9.76. The quantitative estimate of drug-likeness (QED) is 0.675. The molecule has 5 heteroatoms. The van der Waals surface area contributed by atoms with Gasteiger partial charge in [0.15, 0.2) is 5.16 Å². The number of carboxylic acid groups (broad SMARTS) is 1. The standard InChI is InChI=1S/C16H18N2O2S/c1-10-8-11(2)18-16(17-10)21-9-13-4-6-14(7-5-13)12(3)15(19)20/h4-8,12H,9H2,1-3H3,(H,19,20). The van der Waals surface area contributed by atoms with Crippen molar-refractivity contribution in [2.75, 3.05) is 0 Å². The molecule has 4 nitrogen and oxygen atoms in total. The van der Waals surface area contributed by atoms with Crippen LogP contribution < -0.4 is 0 Å². The number of rotatable bonds is 5. The Morgan fingerprint density at radius 3 is 2.29 bits per heavy atom. The fourth-order valence-corrected chi connectivity index (χ4v) is 2.86. The molecule has 0 saturated carbocycles. The maximum Gasteiger partial charge on any atom is 0.310 e. The van der Waals surface area contributed by atoms with E-state index in [2.05, 4.69) is 9.97 Å². The van der Waals surface area contributed by atoms with Gasteiger partial charge in [-0.25, -0.2) is 9.97 Å². The Labute approximate surface area is 128 Å². The van der Waals surface area contributed by atoms with E-state index < -0.39 is 11.9 Å². The average Bonchev–Trinajstić information content (AvgIpc) is 2.44. The molecule has 0 spiro atoms. The lowest BCUT2D eigenvalue weighted by Crippen LogP contribution is -2.07. The molecule has 1 unspecified atom stereocenters. The van der Waals surface area contributed by atoms with Crippen LogP contribution in [0.5, 0.6) is 0 Å². The van der Waals surface area contributed by atoms with Crippen molar-refractivity contribution in [3.05, 3.63) is 52.8 Å². The van der Waals surface area contributed by atoms with Crippen LogP contribution in [0.1, 0.15) is 35.4 Å². The Morgan fingerprint density at radius 2 is 1.76 bits per heavy atom. The highest BCUT2D eigenvalue weighted by Crippen LogP contribution is 2.22. The lowest BCUT2D eigenvalue weighted by atomic mass is 10.0. The Morgan fingerprint density at radius 1 is 1.19 bits per heavy atom. The topological polar surface area (TPSA) is 63.1 Å². The van der Waals surface area contributed by atoms with Crippen molar-refractivity contribution in [1.29, 1.82) is 0 Å². The van der Waals surface area contributed by atoms with Crippen molar-refractivity contribution in [2.45, 2.75) is 37.6 Å². The van der Waals surface area contributed by atoms with Crippen molar-refractivity contribution in [3.8, 4) is 0 Å². The van der Waals surface area contributed by atoms with E-state index in [4.69, 9.17) is 5.11 Å². The smallest absolute Gasteiger partial charge is 0.310 e. The zero-order valence-electron chi connectivity index (χ0n) is 12.3. The van der Waals surface area contributed by atoms with E-state index in [1.165, 1.54) is 0 Å². The molecule has 0 fully saturated rings. The molecular formula is C16H18N2O2S. The summed E-state index contributed by atoms with van der Waals surface area (Å²) < 4.78 is 0. The van der Waals surface area contributed by atoms with Crippen LogP contribution in [0.3, 0.4) is 0 Å². The number of aliphatic carboxylic acids is 1. The molecule has 0 aliphatic heterocycles. The molecule has 110 valence electrons. The van der Waals surface area contributed by atoms with Crippen LogP contribution in [-0.2, 0) is 10.5 Å². The minimum absolute atomic E-state index is 0.477. The SMILES string of the molecule is Cc1cc(C)nc(SCc2ccc(C(C)C(=O)O)cc2)n1. The third-order valence-corrected chi connectivity index (χ3v) is 4.10. The highest BCUT2D eigenvalue weighted by atomic mass is 32.2. The first kappa shape index (κ1) is 15.5. The number of aromatic nitrogens is 2. The minimum atomic E-state index is -0.805. The van der Waals surface area contributed by atoms with Crippen molar-refractivity contribution < 1.29 is 9.90 Å². The van der Waals surface area contributed by atoms with Crippen molar-refractivity contribution in [2.24, 2.45) is 0 Å². The molecule has 1 heterocycles. The van der Waals surface area contributed by atoms with Gasteiger partial charge in [0.05, 0.1) is 5.92 Å². The Bertz CT molecular complexity index is 621. The maximum atomic E-state index is 10.9. The number of nitrogens with zero attached hydrogens (tertiary/aromatic N) is 2. The van der Waals surface area contributed by atoms with E-state index in [-0.39, 0.29) is 0 Å². The molecule has 1 aromatic heterocycles. The van der Waals surface area contributed by atoms with Gasteiger partial charge >= 0.3 is 5.97 Å². The van der Waals surface area contributed by atoms with Gasteiger partial charge < -0.3 is 5.11 Å². The van der Waals surface area contributed by atoms with Gasteiger partial charge in [0.2, 0.25) is 0 Å². The van der Waals surface area contributed by atoms with E-state index in [1.807, 2.05) is 44.2 Å². The first-order valence-electron chi connectivity index (χ1n) is 6.72. The molecule has 0 aliphatic carbocycles. The van der Waals surface area contributed by atoms with Crippen LogP contribution in [-0.4, -0.2) is 21.0 Å². The van der Waals surface area contributed by atoms with E-state index in [0.29, 0.717) is 0 Å². The van der Waals surface area contributed by atoms with Crippen LogP contribution in [0.25, 0.3) is 0 Å². The minimum Gasteiger partial charge on any atom is -0.481 e. The lowest BCUT2D eigenvalue weighted by Gasteiger charge is -2.08. The molecule has 21 heavy (non-hydrogen) atoms. The van der Waals surface area contributed by atoms with Crippen LogP contribution in [0, 0.1) is 13.8 Å². The molecular weight excluding hydrogens is 284 g/mol. The van der Waals surface area contributed by atoms with Gasteiger partial charge in [0, 0.05) is 17.1 Å². The number of thioether (sulfide) groups is 1. The van der Waals surface area contributed by atoms with Crippen molar-refractivity contribution in [3.63, 3.8) is 0 Å². The third-order valence-electron chi connectivity index (χ3n) is 3.18. The monoisotopic (exact) mass is 302 g/mol. The number of aryl methyl sites for hydroxylation is 2. The van der Waals surface area contributed by atoms with Crippen LogP contribution >= 0.6 is 11.8 Å². The van der Waals surface area contributed by atoms with E-state index in [1.54, 1.807) is 18.7 Å². The number of hydrogen-bond donors (Lipinski definition) is 1. The highest BCUT2D eigenvalue weighted by Gasteiger charge is 2.13. The summed E-state index contributed by atoms with van der Waals surface area (Å²) in [5.74, 6) is -0.514. The van der Waals surface area contributed by atoms with Crippen molar-refractivity contribution in [1.82, 2.24) is 9.97 Å². The summed E-state index contributed by atoms with van der Waals surface area (Å²) in [7, 11) is 0. The molecule has 1 aromatic carbocycles. The Balaban J connectivity index is 2.02. The lowest BCUT2D eigenvalue weighted by molar-refractivity contribution is -0.138. The first-order chi connectivity index (χ1) is 9.95. The third kappa shape index (κ3) is 4.29. The fourth-order valence-electron chi connectivity index (χ4n) is 1.95. The summed E-state index contributed by atoms with van der Waals surface area (Å²) >= 11 is 1.58. The van der Waals surface area contributed by atoms with Gasteiger partial charge in [-0.1, -0.05) is 36.0 Å². The predicted octanol–water partition coefficient (Wildman–Crippen LogP) is 3.57. The average molecular weight is 302 g/mol. The summed E-state index contributed by atoms with van der Waals surface area (Å²) in [4.78, 5) is 19.7. The molecule has 0 amide bonds. The summed E-state index contributed by atoms with van der Waals surface area (Å²) in [6, 6.07) is 9.62. The van der Waals surface area contributed by atoms with Gasteiger partial charge in [-0.2, -0.15) is 0 Å². The van der Waals surface area contributed by atoms with Gasteiger partial charge in [0.25, 0.3) is 0 Å². The van der Waals surface area contributed by atoms with E-state index in [0.717, 1.165) is 33.4 Å². The summed E-state index contributed by atoms with van der Waals surface area (Å²) in [5.41, 5.74) is 3.88. The normalized spacial score (nSPS) is 12.1. The van der Waals surface area contributed by atoms with E-state index in [9.17, 15) is 4.79 Å². The molecule has 0 saturated heterocycles. The zero-order chi connectivity index (χ0) is 15.4. The first-order valence-corrected chi connectivity index (χ1v) is 7.71. The zero-order valence-corrected chi connectivity index (χ0v) is 13.1. The largest absolute Gasteiger partial charge is 0.481 e. The fraction of sp³-hybridized carbons (Fsp3) is 0.312. The maximum absolute atomic E-state index is 10.9. The predicted molar refractivity (Wildman–Crippen MR) is 83.6 cm³/mol. The molecule has 0 radical (unpaired) electrons. The molecule has 2 rings (SSSR count). The number of hydrogen-bond acceptors (Lipinski definition) is 4. The second-order valence-corrected chi connectivity index (χ2v) is 5.97. The number of carbonyl (C=O) groups is 1. The van der Waals surface area contributed by atoms with Gasteiger partial charge in [-0.15, -0.1) is 0 Å². The molecule has 2 aromatic rings. The molecule has 0 aliphatic rings. The highest BCUT2D eigenvalue weighted by molar-refractivity contribution is 7.98. The molecule has 1 N–H and O–H groups in total. The summed E-state index contributed by atoms with van der Waals surface area (Å²) in [6.45, 7) is 5.61. The second kappa shape index (κ2) is 6.72. The second-order valence-electron chi connectivity index (χ2n) is 5.02. The van der Waals surface area contributed by atoms with Crippen LogP contribution in [0.15, 0.2) is 35.5 Å². The molecule has 0 bridgehead atoms. The van der Waals surface area contributed by atoms with Gasteiger partial charge in [-0.3, -0.25) is 4.79 Å². The Kier molecular flexibility index (Phi) is 4.96. The van der Waals surface area contributed by atoms with Crippen LogP contribution in [0.4, 0.5) is 0 Å². The molecule has 1 atom stereocenters. The summed E-state index contributed by atoms with van der Waals surface area (Å²) in [6.07, 6.45) is 0. The number of benzene rings is 1. The van der Waals surface area contributed by atoms with Crippen LogP contribution in [0.2, 0.25) is 0 Å². The Hall–Kier alpha value is -1.88. The number of carboxylic acids is 1. The van der Waals surface area contributed by atoms with E-state index >= 15 is 0 Å². The van der Waals surface area contributed by atoms with Crippen molar-refractivity contribution >= 4 is 17.7 Å².